The number of nitrogens with zero attached hydrogens (tertiary/aromatic N) is 2. The Morgan fingerprint density at radius 1 is 0.938 bits per heavy atom. The molecule has 0 saturated heterocycles. The van der Waals surface area contributed by atoms with E-state index in [4.69, 9.17) is 5.21 Å². The van der Waals surface area contributed by atoms with E-state index in [2.05, 4.69) is 41.4 Å². The monoisotopic (exact) mass is 436 g/mol. The van der Waals surface area contributed by atoms with Crippen molar-refractivity contribution in [3.8, 4) is 11.1 Å². The lowest BCUT2D eigenvalue weighted by molar-refractivity contribution is -0.129. The second-order valence-corrected chi connectivity index (χ2v) is 8.31. The van der Waals surface area contributed by atoms with Crippen LogP contribution < -0.4 is 10.4 Å². The number of carbonyl (C=O) groups excluding carboxylic acids is 2. The van der Waals surface area contributed by atoms with E-state index in [0.717, 1.165) is 48.0 Å². The van der Waals surface area contributed by atoms with Crippen LogP contribution in [0, 0.1) is 0 Å². The fourth-order valence-corrected chi connectivity index (χ4v) is 3.78. The van der Waals surface area contributed by atoms with Gasteiger partial charge in [0.25, 0.3) is 0 Å². The van der Waals surface area contributed by atoms with Crippen molar-refractivity contribution in [1.82, 2.24) is 15.4 Å². The third kappa shape index (κ3) is 6.42. The first-order valence-corrected chi connectivity index (χ1v) is 11.0. The second kappa shape index (κ2) is 11.5. The highest BCUT2D eigenvalue weighted by molar-refractivity contribution is 5.95. The van der Waals surface area contributed by atoms with Crippen LogP contribution in [-0.2, 0) is 9.59 Å². The number of unbranched alkanes of at least 4 members (excludes halogenated alkanes) is 3. The van der Waals surface area contributed by atoms with Crippen molar-refractivity contribution < 1.29 is 14.8 Å². The predicted molar refractivity (Wildman–Crippen MR) is 128 cm³/mol. The summed E-state index contributed by atoms with van der Waals surface area (Å²) >= 11 is 0. The SMILES string of the molecule is CN(C)CC(=O)N(CCCCCCC(=O)NO)c1ccc(-c2ccc3cc[nH]c3c2)cc1. The number of H-pyrrole nitrogens is 1. The molecule has 3 N–H and O–H groups in total. The van der Waals surface area contributed by atoms with Gasteiger partial charge in [0.2, 0.25) is 11.8 Å². The van der Waals surface area contributed by atoms with Crippen molar-refractivity contribution in [2.75, 3.05) is 32.1 Å². The van der Waals surface area contributed by atoms with Gasteiger partial charge >= 0.3 is 0 Å². The summed E-state index contributed by atoms with van der Waals surface area (Å²) in [5.41, 5.74) is 5.88. The molecule has 1 aromatic heterocycles. The Bertz CT molecular complexity index is 1030. The molecule has 0 radical (unpaired) electrons. The standard InChI is InChI=1S/C25H32N4O3/c1-28(2)18-25(31)29(16-6-4-3-5-7-24(30)27-32)22-12-10-19(11-13-22)21-9-8-20-14-15-26-23(20)17-21/h8-15,17,26,32H,3-7,16,18H2,1-2H3,(H,27,30). The molecule has 32 heavy (non-hydrogen) atoms. The maximum atomic E-state index is 12.9. The molecule has 0 aliphatic rings. The van der Waals surface area contributed by atoms with E-state index in [1.54, 1.807) is 5.48 Å². The third-order valence-electron chi connectivity index (χ3n) is 5.48. The normalized spacial score (nSPS) is 11.1. The van der Waals surface area contributed by atoms with Gasteiger partial charge < -0.3 is 14.8 Å². The highest BCUT2D eigenvalue weighted by Gasteiger charge is 2.16. The van der Waals surface area contributed by atoms with Crippen LogP contribution >= 0.6 is 0 Å². The number of rotatable bonds is 11. The number of carbonyl (C=O) groups is 2. The minimum Gasteiger partial charge on any atom is -0.361 e. The van der Waals surface area contributed by atoms with Gasteiger partial charge in [-0.3, -0.25) is 14.8 Å². The lowest BCUT2D eigenvalue weighted by Crippen LogP contribution is -2.38. The summed E-state index contributed by atoms with van der Waals surface area (Å²) in [6, 6.07) is 16.5. The van der Waals surface area contributed by atoms with Crippen molar-refractivity contribution in [3.05, 3.63) is 54.7 Å². The molecule has 170 valence electrons. The first-order chi connectivity index (χ1) is 15.5. The topological polar surface area (TPSA) is 88.7 Å². The van der Waals surface area contributed by atoms with E-state index in [0.29, 0.717) is 19.5 Å². The summed E-state index contributed by atoms with van der Waals surface area (Å²) in [5.74, 6) is -0.293. The van der Waals surface area contributed by atoms with Crippen LogP contribution in [0.4, 0.5) is 5.69 Å². The molecule has 7 heteroatoms. The van der Waals surface area contributed by atoms with Crippen LogP contribution in [0.3, 0.4) is 0 Å². The zero-order valence-corrected chi connectivity index (χ0v) is 18.8. The van der Waals surface area contributed by atoms with E-state index < -0.39 is 0 Å². The highest BCUT2D eigenvalue weighted by atomic mass is 16.5. The zero-order valence-electron chi connectivity index (χ0n) is 18.8. The number of anilines is 1. The van der Waals surface area contributed by atoms with Crippen LogP contribution in [-0.4, -0.2) is 54.1 Å². The number of aromatic amines is 1. The molecule has 0 atom stereocenters. The van der Waals surface area contributed by atoms with Gasteiger partial charge in [0, 0.05) is 30.4 Å². The molecule has 2 aromatic carbocycles. The van der Waals surface area contributed by atoms with E-state index in [9.17, 15) is 9.59 Å². The maximum Gasteiger partial charge on any atom is 0.243 e. The molecule has 1 heterocycles. The molecular weight excluding hydrogens is 404 g/mol. The van der Waals surface area contributed by atoms with Crippen molar-refractivity contribution in [3.63, 3.8) is 0 Å². The van der Waals surface area contributed by atoms with Gasteiger partial charge in [-0.25, -0.2) is 5.48 Å². The first-order valence-electron chi connectivity index (χ1n) is 11.0. The van der Waals surface area contributed by atoms with E-state index in [1.807, 2.05) is 42.2 Å². The molecule has 0 aliphatic carbocycles. The number of benzene rings is 2. The summed E-state index contributed by atoms with van der Waals surface area (Å²) in [5, 5.41) is 9.73. The number of nitrogens with one attached hydrogen (secondary N) is 2. The van der Waals surface area contributed by atoms with Gasteiger partial charge in [-0.1, -0.05) is 37.1 Å². The van der Waals surface area contributed by atoms with Crippen LogP contribution in [0.5, 0.6) is 0 Å². The fourth-order valence-electron chi connectivity index (χ4n) is 3.78. The first kappa shape index (κ1) is 23.5. The lowest BCUT2D eigenvalue weighted by atomic mass is 10.0. The molecule has 0 unspecified atom stereocenters. The Morgan fingerprint density at radius 2 is 1.66 bits per heavy atom. The van der Waals surface area contributed by atoms with Crippen molar-refractivity contribution in [2.45, 2.75) is 32.1 Å². The van der Waals surface area contributed by atoms with Crippen LogP contribution in [0.1, 0.15) is 32.1 Å². The zero-order chi connectivity index (χ0) is 22.9. The third-order valence-corrected chi connectivity index (χ3v) is 5.48. The van der Waals surface area contributed by atoms with Gasteiger partial charge in [0.15, 0.2) is 0 Å². The van der Waals surface area contributed by atoms with Crippen LogP contribution in [0.15, 0.2) is 54.7 Å². The number of hydroxylamine groups is 1. The Labute approximate surface area is 189 Å². The van der Waals surface area contributed by atoms with E-state index in [1.165, 1.54) is 5.39 Å². The molecule has 3 aromatic rings. The average Bonchev–Trinajstić information content (AvgIpc) is 3.26. The molecule has 2 amide bonds. The number of amides is 2. The van der Waals surface area contributed by atoms with Crippen molar-refractivity contribution in [2.24, 2.45) is 0 Å². The number of aromatic nitrogens is 1. The fraction of sp³-hybridized carbons (Fsp3) is 0.360. The number of fused-ring (bicyclic) bond motifs is 1. The molecule has 0 bridgehead atoms. The van der Waals surface area contributed by atoms with Crippen LogP contribution in [0.2, 0.25) is 0 Å². The summed E-state index contributed by atoms with van der Waals surface area (Å²) < 4.78 is 0. The highest BCUT2D eigenvalue weighted by Crippen LogP contribution is 2.26. The number of hydrogen-bond donors (Lipinski definition) is 3. The van der Waals surface area contributed by atoms with Gasteiger partial charge in [-0.15, -0.1) is 0 Å². The van der Waals surface area contributed by atoms with Crippen molar-refractivity contribution in [1.29, 1.82) is 0 Å². The van der Waals surface area contributed by atoms with E-state index in [-0.39, 0.29) is 11.8 Å². The quantitative estimate of drug-likeness (QED) is 0.239. The maximum absolute atomic E-state index is 12.9. The summed E-state index contributed by atoms with van der Waals surface area (Å²) in [4.78, 5) is 30.9. The largest absolute Gasteiger partial charge is 0.361 e. The van der Waals surface area contributed by atoms with Crippen molar-refractivity contribution >= 4 is 28.4 Å². The molecular formula is C25H32N4O3. The minimum absolute atomic E-state index is 0.0650. The Balaban J connectivity index is 1.65. The summed E-state index contributed by atoms with van der Waals surface area (Å²) in [7, 11) is 3.78. The molecule has 0 aliphatic heterocycles. The molecule has 7 nitrogen and oxygen atoms in total. The van der Waals surface area contributed by atoms with Crippen LogP contribution in [0.25, 0.3) is 22.0 Å². The lowest BCUT2D eigenvalue weighted by Gasteiger charge is -2.25. The van der Waals surface area contributed by atoms with Gasteiger partial charge in [-0.05, 0) is 67.7 Å². The van der Waals surface area contributed by atoms with Gasteiger partial charge in [0.05, 0.1) is 6.54 Å². The predicted octanol–water partition coefficient (Wildman–Crippen LogP) is 4.19. The molecule has 0 saturated carbocycles. The van der Waals surface area contributed by atoms with Gasteiger partial charge in [0.1, 0.15) is 0 Å². The smallest absolute Gasteiger partial charge is 0.243 e. The molecule has 0 fully saturated rings. The molecule has 3 rings (SSSR count). The minimum atomic E-state index is -0.358. The molecule has 0 spiro atoms. The average molecular weight is 437 g/mol. The van der Waals surface area contributed by atoms with Gasteiger partial charge in [-0.2, -0.15) is 0 Å². The second-order valence-electron chi connectivity index (χ2n) is 8.31. The Morgan fingerprint density at radius 3 is 2.38 bits per heavy atom. The Kier molecular flexibility index (Phi) is 8.41. The Hall–Kier alpha value is -3.16. The number of likely N-dealkylation sites (N-methyl/N-ethyl adjacent to an activating group) is 1. The summed E-state index contributed by atoms with van der Waals surface area (Å²) in [6.07, 6.45) is 5.62. The number of hydrogen-bond acceptors (Lipinski definition) is 4. The van der Waals surface area contributed by atoms with E-state index >= 15 is 0 Å². The summed E-state index contributed by atoms with van der Waals surface area (Å²) in [6.45, 7) is 0.981.